The molecule has 1 aromatic rings. The number of hydrogen-bond acceptors (Lipinski definition) is 3. The molecule has 4 heteroatoms. The third-order valence-corrected chi connectivity index (χ3v) is 2.19. The zero-order chi connectivity index (χ0) is 13.2. The minimum absolute atomic E-state index is 0.0394. The highest BCUT2D eigenvalue weighted by molar-refractivity contribution is 5.84. The van der Waals surface area contributed by atoms with E-state index in [1.165, 1.54) is 0 Å². The molecule has 0 spiro atoms. The van der Waals surface area contributed by atoms with Gasteiger partial charge in [-0.1, -0.05) is 24.3 Å². The minimum atomic E-state index is -0.267. The maximum atomic E-state index is 11.4. The highest BCUT2D eigenvalue weighted by Gasteiger charge is 2.01. The number of ether oxygens (including phenoxy) is 1. The van der Waals surface area contributed by atoms with E-state index in [1.807, 2.05) is 31.2 Å². The van der Waals surface area contributed by atoms with Crippen LogP contribution in [0.15, 0.2) is 48.1 Å². The lowest BCUT2D eigenvalue weighted by Gasteiger charge is -2.05. The van der Waals surface area contributed by atoms with Gasteiger partial charge in [0.1, 0.15) is 5.75 Å². The van der Waals surface area contributed by atoms with Gasteiger partial charge in [-0.25, -0.2) is 5.43 Å². The largest absolute Gasteiger partial charge is 0.484 e. The molecule has 1 N–H and O–H groups in total. The van der Waals surface area contributed by atoms with E-state index in [2.05, 4.69) is 17.1 Å². The number of carbonyl (C=O) groups is 1. The molecule has 0 atom stereocenters. The molecular weight excluding hydrogens is 228 g/mol. The summed E-state index contributed by atoms with van der Waals surface area (Å²) in [6, 6.07) is 9.19. The molecule has 0 bridgehead atoms. The van der Waals surface area contributed by atoms with Gasteiger partial charge >= 0.3 is 0 Å². The van der Waals surface area contributed by atoms with Crippen molar-refractivity contribution in [2.75, 3.05) is 6.61 Å². The van der Waals surface area contributed by atoms with Crippen LogP contribution in [0.25, 0.3) is 0 Å². The summed E-state index contributed by atoms with van der Waals surface area (Å²) in [6.07, 6.45) is 3.47. The summed E-state index contributed by atoms with van der Waals surface area (Å²) < 4.78 is 5.28. The van der Waals surface area contributed by atoms with Crippen molar-refractivity contribution in [3.63, 3.8) is 0 Å². The predicted molar refractivity (Wildman–Crippen MR) is 72.6 cm³/mol. The molecule has 0 unspecified atom stereocenters. The Hall–Kier alpha value is -2.10. The molecule has 0 aromatic heterocycles. The Morgan fingerprint density at radius 1 is 1.44 bits per heavy atom. The van der Waals surface area contributed by atoms with E-state index in [9.17, 15) is 4.79 Å². The number of benzene rings is 1. The van der Waals surface area contributed by atoms with Crippen molar-refractivity contribution in [3.8, 4) is 5.75 Å². The van der Waals surface area contributed by atoms with Crippen molar-refractivity contribution in [1.29, 1.82) is 0 Å². The summed E-state index contributed by atoms with van der Waals surface area (Å²) in [5.74, 6) is 0.400. The molecule has 1 rings (SSSR count). The van der Waals surface area contributed by atoms with Crippen LogP contribution in [-0.2, 0) is 4.79 Å². The average molecular weight is 246 g/mol. The molecule has 0 aliphatic heterocycles. The van der Waals surface area contributed by atoms with Gasteiger partial charge in [0, 0.05) is 5.71 Å². The molecule has 0 heterocycles. The summed E-state index contributed by atoms with van der Waals surface area (Å²) in [4.78, 5) is 11.4. The maximum Gasteiger partial charge on any atom is 0.277 e. The molecule has 96 valence electrons. The van der Waals surface area contributed by atoms with Gasteiger partial charge < -0.3 is 4.74 Å². The van der Waals surface area contributed by atoms with Gasteiger partial charge in [-0.2, -0.15) is 5.10 Å². The number of amides is 1. The molecule has 1 aromatic carbocycles. The molecule has 1 amide bonds. The Morgan fingerprint density at radius 3 is 2.83 bits per heavy atom. The van der Waals surface area contributed by atoms with E-state index < -0.39 is 0 Å². The molecule has 0 aliphatic rings. The van der Waals surface area contributed by atoms with Gasteiger partial charge in [-0.3, -0.25) is 4.79 Å². The fourth-order valence-corrected chi connectivity index (χ4v) is 1.22. The standard InChI is InChI=1S/C14H18N2O2/c1-3-4-8-12(2)15-16-14(17)11-18-13-9-6-5-7-10-13/h3,5-7,9-10H,1,4,8,11H2,2H3,(H,16,17). The normalized spacial score (nSPS) is 10.8. The first-order valence-corrected chi connectivity index (χ1v) is 5.83. The number of para-hydroxylation sites is 1. The van der Waals surface area contributed by atoms with E-state index >= 15 is 0 Å². The maximum absolute atomic E-state index is 11.4. The van der Waals surface area contributed by atoms with Crippen LogP contribution < -0.4 is 10.2 Å². The topological polar surface area (TPSA) is 50.7 Å². The number of hydrazone groups is 1. The number of allylic oxidation sites excluding steroid dienone is 1. The summed E-state index contributed by atoms with van der Waals surface area (Å²) in [6.45, 7) is 5.45. The molecule has 4 nitrogen and oxygen atoms in total. The molecule has 0 radical (unpaired) electrons. The Labute approximate surface area is 107 Å². The van der Waals surface area contributed by atoms with E-state index in [0.29, 0.717) is 5.75 Å². The fourth-order valence-electron chi connectivity index (χ4n) is 1.22. The Bertz CT molecular complexity index is 413. The number of hydrogen-bond donors (Lipinski definition) is 1. The number of carbonyl (C=O) groups excluding carboxylic acids is 1. The van der Waals surface area contributed by atoms with E-state index in [0.717, 1.165) is 18.6 Å². The van der Waals surface area contributed by atoms with Crippen LogP contribution in [0.4, 0.5) is 0 Å². The third kappa shape index (κ3) is 5.84. The van der Waals surface area contributed by atoms with Crippen LogP contribution >= 0.6 is 0 Å². The highest BCUT2D eigenvalue weighted by Crippen LogP contribution is 2.07. The second-order valence-electron chi connectivity index (χ2n) is 3.81. The quantitative estimate of drug-likeness (QED) is 0.456. The fraction of sp³-hybridized carbons (Fsp3) is 0.286. The van der Waals surface area contributed by atoms with E-state index in [4.69, 9.17) is 4.74 Å². The smallest absolute Gasteiger partial charge is 0.277 e. The van der Waals surface area contributed by atoms with Crippen LogP contribution in [-0.4, -0.2) is 18.2 Å². The van der Waals surface area contributed by atoms with Crippen LogP contribution in [0.2, 0.25) is 0 Å². The summed E-state index contributed by atoms with van der Waals surface area (Å²) in [7, 11) is 0. The number of nitrogens with zero attached hydrogens (tertiary/aromatic N) is 1. The summed E-state index contributed by atoms with van der Waals surface area (Å²) >= 11 is 0. The molecule has 0 saturated heterocycles. The van der Waals surface area contributed by atoms with Crippen LogP contribution in [0.1, 0.15) is 19.8 Å². The first kappa shape index (κ1) is 14.0. The first-order valence-electron chi connectivity index (χ1n) is 5.83. The van der Waals surface area contributed by atoms with Gasteiger partial charge in [0.2, 0.25) is 0 Å². The molecule has 0 fully saturated rings. The van der Waals surface area contributed by atoms with Gasteiger partial charge in [-0.15, -0.1) is 6.58 Å². The van der Waals surface area contributed by atoms with Gasteiger partial charge in [0.15, 0.2) is 6.61 Å². The van der Waals surface area contributed by atoms with E-state index in [-0.39, 0.29) is 12.5 Å². The SMILES string of the molecule is C=CCCC(C)=NNC(=O)COc1ccccc1. The van der Waals surface area contributed by atoms with Crippen molar-refractivity contribution in [3.05, 3.63) is 43.0 Å². The zero-order valence-electron chi connectivity index (χ0n) is 10.6. The Balaban J connectivity index is 2.27. The van der Waals surface area contributed by atoms with Crippen LogP contribution in [0.5, 0.6) is 5.75 Å². The average Bonchev–Trinajstić information content (AvgIpc) is 2.41. The summed E-state index contributed by atoms with van der Waals surface area (Å²) in [5, 5.41) is 3.96. The van der Waals surface area contributed by atoms with E-state index in [1.54, 1.807) is 12.1 Å². The van der Waals surface area contributed by atoms with Crippen molar-refractivity contribution >= 4 is 11.6 Å². The van der Waals surface area contributed by atoms with Gasteiger partial charge in [0.25, 0.3) is 5.91 Å². The molecular formula is C14H18N2O2. The number of nitrogens with one attached hydrogen (secondary N) is 1. The van der Waals surface area contributed by atoms with Crippen molar-refractivity contribution in [1.82, 2.24) is 5.43 Å². The lowest BCUT2D eigenvalue weighted by molar-refractivity contribution is -0.123. The monoisotopic (exact) mass is 246 g/mol. The van der Waals surface area contributed by atoms with Crippen molar-refractivity contribution in [2.45, 2.75) is 19.8 Å². The molecule has 18 heavy (non-hydrogen) atoms. The van der Waals surface area contributed by atoms with Crippen LogP contribution in [0, 0.1) is 0 Å². The molecule has 0 saturated carbocycles. The zero-order valence-corrected chi connectivity index (χ0v) is 10.6. The van der Waals surface area contributed by atoms with Gasteiger partial charge in [0.05, 0.1) is 0 Å². The lowest BCUT2D eigenvalue weighted by Crippen LogP contribution is -2.25. The Kier molecular flexibility index (Phi) is 6.25. The second kappa shape index (κ2) is 8.06. The second-order valence-corrected chi connectivity index (χ2v) is 3.81. The van der Waals surface area contributed by atoms with Crippen molar-refractivity contribution in [2.24, 2.45) is 5.10 Å². The first-order chi connectivity index (χ1) is 8.72. The lowest BCUT2D eigenvalue weighted by atomic mass is 10.2. The van der Waals surface area contributed by atoms with Gasteiger partial charge in [-0.05, 0) is 31.9 Å². The highest BCUT2D eigenvalue weighted by atomic mass is 16.5. The third-order valence-electron chi connectivity index (χ3n) is 2.19. The number of rotatable bonds is 7. The van der Waals surface area contributed by atoms with Crippen LogP contribution in [0.3, 0.4) is 0 Å². The Morgan fingerprint density at radius 2 is 2.17 bits per heavy atom. The predicted octanol–water partition coefficient (Wildman–Crippen LogP) is 2.52. The summed E-state index contributed by atoms with van der Waals surface area (Å²) in [5.41, 5.74) is 3.32. The molecule has 0 aliphatic carbocycles. The minimum Gasteiger partial charge on any atom is -0.484 e. The van der Waals surface area contributed by atoms with Crippen molar-refractivity contribution < 1.29 is 9.53 Å².